The third-order valence-corrected chi connectivity index (χ3v) is 18.4. The summed E-state index contributed by atoms with van der Waals surface area (Å²) < 4.78 is 41.7. The van der Waals surface area contributed by atoms with Gasteiger partial charge in [0.05, 0.1) is 103 Å². The molecular formula is C70H64B3BrN6O6. The molecular weight excluding hydrogens is 1130 g/mol. The quantitative estimate of drug-likeness (QED) is 0.119. The molecule has 0 aliphatic carbocycles. The molecule has 12 nitrogen and oxygen atoms in total. The average molecular weight is 1200 g/mol. The van der Waals surface area contributed by atoms with Crippen molar-refractivity contribution >= 4 is 97.5 Å². The number of hydrogen-bond acceptors (Lipinski definition) is 8. The number of rotatable bonds is 6. The molecule has 86 heavy (non-hydrogen) atoms. The maximum atomic E-state index is 9.93. The van der Waals surface area contributed by atoms with Crippen LogP contribution in [0.25, 0.3) is 86.9 Å². The monoisotopic (exact) mass is 1200 g/mol. The molecule has 0 N–H and O–H groups in total. The first kappa shape index (κ1) is 59.5. The van der Waals surface area contributed by atoms with Crippen LogP contribution in [0.1, 0.15) is 94.2 Å². The lowest BCUT2D eigenvalue weighted by Crippen LogP contribution is -2.41. The van der Waals surface area contributed by atoms with Crippen molar-refractivity contribution in [2.45, 2.75) is 117 Å². The van der Waals surface area contributed by atoms with E-state index < -0.39 is 32.3 Å². The summed E-state index contributed by atoms with van der Waals surface area (Å²) in [4.78, 5) is 7.77. The predicted molar refractivity (Wildman–Crippen MR) is 350 cm³/mol. The molecule has 0 bridgehead atoms. The van der Waals surface area contributed by atoms with Crippen LogP contribution < -0.4 is 5.46 Å². The van der Waals surface area contributed by atoms with E-state index in [1.807, 2.05) is 198 Å². The fraction of sp³-hybridized carbons (Fsp3) is 0.257. The van der Waals surface area contributed by atoms with Gasteiger partial charge in [-0.2, -0.15) is 10.5 Å². The lowest BCUT2D eigenvalue weighted by molar-refractivity contribution is 0.00578. The summed E-state index contributed by atoms with van der Waals surface area (Å²) in [6.07, 6.45) is 0. The second kappa shape index (κ2) is 22.2. The minimum atomic E-state index is -0.604. The average Bonchev–Trinajstić information content (AvgIpc) is 1.62. The number of para-hydroxylation sites is 6. The van der Waals surface area contributed by atoms with Crippen molar-refractivity contribution in [1.82, 2.24) is 9.13 Å². The van der Waals surface area contributed by atoms with E-state index in [1.165, 1.54) is 0 Å². The van der Waals surface area contributed by atoms with Crippen LogP contribution in [0.3, 0.4) is 0 Å². The summed E-state index contributed by atoms with van der Waals surface area (Å²) in [5, 5.41) is 23.9. The minimum absolute atomic E-state index is 0.360. The topological polar surface area (TPSA) is 122 Å². The molecule has 3 aliphatic heterocycles. The molecule has 5 heterocycles. The van der Waals surface area contributed by atoms with Gasteiger partial charge < -0.3 is 37.1 Å². The molecule has 0 radical (unpaired) electrons. The highest BCUT2D eigenvalue weighted by Crippen LogP contribution is 2.46. The van der Waals surface area contributed by atoms with Gasteiger partial charge in [0.1, 0.15) is 0 Å². The lowest BCUT2D eigenvalue weighted by Gasteiger charge is -2.32. The molecule has 10 aromatic rings. The van der Waals surface area contributed by atoms with E-state index in [-0.39, 0.29) is 22.4 Å². The van der Waals surface area contributed by atoms with Crippen LogP contribution in [0, 0.1) is 35.8 Å². The summed E-state index contributed by atoms with van der Waals surface area (Å²) in [6.45, 7) is 40.1. The number of aromatic nitrogens is 2. The number of fused-ring (bicyclic) bond motifs is 6. The van der Waals surface area contributed by atoms with E-state index in [4.69, 9.17) is 41.1 Å². The van der Waals surface area contributed by atoms with E-state index in [2.05, 4.69) is 95.4 Å². The van der Waals surface area contributed by atoms with Gasteiger partial charge >= 0.3 is 21.1 Å². The van der Waals surface area contributed by atoms with Gasteiger partial charge in [-0.25, -0.2) is 9.69 Å². The van der Waals surface area contributed by atoms with Crippen molar-refractivity contribution < 1.29 is 27.9 Å². The van der Waals surface area contributed by atoms with Crippen LogP contribution in [0.5, 0.6) is 0 Å². The van der Waals surface area contributed by atoms with Crippen LogP contribution in [0.2, 0.25) is 0 Å². The van der Waals surface area contributed by atoms with Crippen molar-refractivity contribution in [1.29, 1.82) is 10.5 Å². The number of nitrogens with zero attached hydrogens (tertiary/aromatic N) is 6. The Kier molecular flexibility index (Phi) is 15.4. The second-order valence-corrected chi connectivity index (χ2v) is 25.9. The van der Waals surface area contributed by atoms with Crippen LogP contribution in [0.4, 0.5) is 11.4 Å². The minimum Gasteiger partial charge on any atom is -0.405 e. The Hall–Kier alpha value is -8.25. The van der Waals surface area contributed by atoms with Crippen molar-refractivity contribution in [3.8, 4) is 45.8 Å². The third-order valence-electron chi connectivity index (χ3n) is 17.9. The van der Waals surface area contributed by atoms with Gasteiger partial charge in [0, 0.05) is 26.0 Å². The second-order valence-electron chi connectivity index (χ2n) is 24.9. The molecule has 16 heteroatoms. The predicted octanol–water partition coefficient (Wildman–Crippen LogP) is 17.1. The van der Waals surface area contributed by atoms with E-state index in [0.717, 1.165) is 87.2 Å². The summed E-state index contributed by atoms with van der Waals surface area (Å²) in [7, 11) is -1.56. The van der Waals surface area contributed by atoms with Crippen molar-refractivity contribution in [2.24, 2.45) is 0 Å². The highest BCUT2D eigenvalue weighted by Gasteiger charge is 2.64. The van der Waals surface area contributed by atoms with E-state index in [0.29, 0.717) is 22.5 Å². The first-order valence-electron chi connectivity index (χ1n) is 28.6. The van der Waals surface area contributed by atoms with Gasteiger partial charge in [0.15, 0.2) is 0 Å². The molecule has 3 saturated heterocycles. The largest absolute Gasteiger partial charge is 0.494 e. The summed E-state index contributed by atoms with van der Waals surface area (Å²) in [6, 6.07) is 60.4. The Bertz CT molecular complexity index is 4330. The number of nitriles is 2. The molecule has 0 spiro atoms. The van der Waals surface area contributed by atoms with E-state index in [9.17, 15) is 10.5 Å². The first-order chi connectivity index (χ1) is 40.8. The normalized spacial score (nSPS) is 17.5. The molecule has 3 fully saturated rings. The highest BCUT2D eigenvalue weighted by atomic mass is 79.9. The van der Waals surface area contributed by atoms with Crippen LogP contribution in [-0.2, 0) is 27.9 Å². The van der Waals surface area contributed by atoms with Gasteiger partial charge in [-0.3, -0.25) is 0 Å². The number of hydrogen-bond donors (Lipinski definition) is 0. The molecule has 0 unspecified atom stereocenters. The Labute approximate surface area is 513 Å². The maximum Gasteiger partial charge on any atom is 0.494 e. The molecule has 0 amide bonds. The van der Waals surface area contributed by atoms with E-state index >= 15 is 0 Å². The van der Waals surface area contributed by atoms with E-state index in [1.54, 1.807) is 6.07 Å². The highest BCUT2D eigenvalue weighted by molar-refractivity contribution is 9.10. The first-order valence-corrected chi connectivity index (χ1v) is 29.4. The van der Waals surface area contributed by atoms with Gasteiger partial charge in [0.25, 0.3) is 0 Å². The van der Waals surface area contributed by atoms with Gasteiger partial charge in [-0.1, -0.05) is 131 Å². The summed E-state index contributed by atoms with van der Waals surface area (Å²) in [5.74, 6) is 0. The fourth-order valence-electron chi connectivity index (χ4n) is 11.3. The zero-order valence-electron chi connectivity index (χ0n) is 50.4. The number of halogens is 1. The molecule has 0 saturated carbocycles. The van der Waals surface area contributed by atoms with Crippen LogP contribution in [0.15, 0.2) is 174 Å². The lowest BCUT2D eigenvalue weighted by atomic mass is 9.49. The molecule has 426 valence electrons. The molecule has 13 rings (SSSR count). The zero-order chi connectivity index (χ0) is 61.3. The molecule has 3 aliphatic rings. The van der Waals surface area contributed by atoms with Crippen molar-refractivity contribution in [2.75, 3.05) is 0 Å². The van der Waals surface area contributed by atoms with Crippen LogP contribution >= 0.6 is 15.9 Å². The Morgan fingerprint density at radius 1 is 0.407 bits per heavy atom. The summed E-state index contributed by atoms with van der Waals surface area (Å²) >= 11 is 3.52. The third kappa shape index (κ3) is 10.5. The Morgan fingerprint density at radius 3 is 1.08 bits per heavy atom. The zero-order valence-corrected chi connectivity index (χ0v) is 52.0. The Morgan fingerprint density at radius 2 is 0.733 bits per heavy atom. The fourth-order valence-corrected chi connectivity index (χ4v) is 11.8. The van der Waals surface area contributed by atoms with Crippen molar-refractivity contribution in [3.63, 3.8) is 0 Å². The SMILES string of the molecule is CC1(C)OB(B2OC(C)(C)C(C)(C)O2)OC1(C)C.[C-]#[N+]c1cccc(-c2cc(Br)cc(C#N)c2)c1-n1c2ccccc2c2ccccc21.[C-]#[N+]c1cccc(-c2cc(C#N)cc(B3OC(C)(C)C(C)(C)O3)c2)c1-n1c2ccccc2c2ccccc21. The smallest absolute Gasteiger partial charge is 0.405 e. The molecule has 0 atom stereocenters. The Balaban J connectivity index is 0.000000143. The standard InChI is InChI=1S/C32H26BN3O2.C26H14BrN3.C12H24B2O4/c1-31(2)32(3,4)38-33(37-31)23-18-21(20-34)17-22(19-23)24-13-10-14-27(35-5)30(24)36-28-15-8-6-11-25(28)26-12-7-9-16-29(26)36;1-29-23-10-6-9-20(18-13-17(16-28)14-19(27)15-18)26(23)30-24-11-4-2-7-21(24)22-8-3-5-12-25(22)30;1-9(2)10(3,4)16-13(15-9)14-17-11(5,6)12(7,8)18-14/h6-19H,1-4H3;2-15H;1-8H3. The molecule has 8 aromatic carbocycles. The summed E-state index contributed by atoms with van der Waals surface area (Å²) in [5.41, 5.74) is 9.76. The van der Waals surface area contributed by atoms with Gasteiger partial charge in [0.2, 0.25) is 11.4 Å². The molecule has 2 aromatic heterocycles. The number of benzene rings is 8. The van der Waals surface area contributed by atoms with Crippen LogP contribution in [-0.4, -0.2) is 63.9 Å². The van der Waals surface area contributed by atoms with Crippen molar-refractivity contribution in [3.05, 3.63) is 208 Å². The van der Waals surface area contributed by atoms with Gasteiger partial charge in [-0.05, 0) is 165 Å². The maximum absolute atomic E-state index is 9.93. The van der Waals surface area contributed by atoms with Gasteiger partial charge in [-0.15, -0.1) is 0 Å².